The van der Waals surface area contributed by atoms with E-state index in [0.29, 0.717) is 12.6 Å². The van der Waals surface area contributed by atoms with Crippen LogP contribution in [-0.2, 0) is 11.3 Å². The summed E-state index contributed by atoms with van der Waals surface area (Å²) < 4.78 is 5.70. The van der Waals surface area contributed by atoms with E-state index in [9.17, 15) is 5.11 Å². The summed E-state index contributed by atoms with van der Waals surface area (Å²) in [5.74, 6) is 0. The minimum absolute atomic E-state index is 0.339. The minimum atomic E-state index is -0.658. The van der Waals surface area contributed by atoms with Gasteiger partial charge >= 0.3 is 0 Å². The van der Waals surface area contributed by atoms with Crippen LogP contribution in [0.3, 0.4) is 0 Å². The Balaban J connectivity index is 1.93. The normalized spacial score (nSPS) is 20.8. The Bertz CT molecular complexity index is 339. The van der Waals surface area contributed by atoms with E-state index >= 15 is 0 Å². The monoisotopic (exact) mass is 269 g/mol. The van der Waals surface area contributed by atoms with E-state index in [0.717, 1.165) is 26.1 Å². The second-order valence-corrected chi connectivity index (χ2v) is 6.53. The van der Waals surface area contributed by atoms with Gasteiger partial charge in [-0.1, -0.05) is 0 Å². The molecule has 2 heterocycles. The van der Waals surface area contributed by atoms with Gasteiger partial charge in [-0.15, -0.1) is 0 Å². The Morgan fingerprint density at radius 3 is 2.94 bits per heavy atom. The van der Waals surface area contributed by atoms with Crippen molar-refractivity contribution in [2.24, 2.45) is 0 Å². The van der Waals surface area contributed by atoms with Crippen molar-refractivity contribution >= 4 is 11.3 Å². The lowest BCUT2D eigenvalue weighted by Crippen LogP contribution is -2.41. The summed E-state index contributed by atoms with van der Waals surface area (Å²) in [7, 11) is 0. The highest BCUT2D eigenvalue weighted by molar-refractivity contribution is 7.07. The van der Waals surface area contributed by atoms with Gasteiger partial charge < -0.3 is 9.84 Å². The fourth-order valence-electron chi connectivity index (χ4n) is 2.45. The van der Waals surface area contributed by atoms with Crippen LogP contribution < -0.4 is 0 Å². The summed E-state index contributed by atoms with van der Waals surface area (Å²) in [6, 6.07) is 2.15. The SMILES string of the molecule is CC(C)(O)CN(Cc1ccsc1)C[C@H]1CCCO1. The van der Waals surface area contributed by atoms with Gasteiger partial charge in [-0.2, -0.15) is 11.3 Å². The molecule has 2 rings (SSSR count). The number of nitrogens with zero attached hydrogens (tertiary/aromatic N) is 1. The Labute approximate surface area is 113 Å². The zero-order chi connectivity index (χ0) is 13.0. The first-order valence-electron chi connectivity index (χ1n) is 6.60. The van der Waals surface area contributed by atoms with Gasteiger partial charge in [0.05, 0.1) is 11.7 Å². The molecule has 1 N–H and O–H groups in total. The number of hydrogen-bond acceptors (Lipinski definition) is 4. The first kappa shape index (κ1) is 14.0. The molecule has 18 heavy (non-hydrogen) atoms. The van der Waals surface area contributed by atoms with Crippen LogP contribution in [0.2, 0.25) is 0 Å². The molecule has 1 aliphatic rings. The van der Waals surface area contributed by atoms with Crippen LogP contribution in [0.1, 0.15) is 32.3 Å². The highest BCUT2D eigenvalue weighted by Crippen LogP contribution is 2.18. The second-order valence-electron chi connectivity index (χ2n) is 5.75. The summed E-state index contributed by atoms with van der Waals surface area (Å²) in [6.07, 6.45) is 2.65. The van der Waals surface area contributed by atoms with Crippen molar-refractivity contribution in [1.82, 2.24) is 4.90 Å². The van der Waals surface area contributed by atoms with E-state index in [-0.39, 0.29) is 0 Å². The molecule has 3 nitrogen and oxygen atoms in total. The molecule has 1 saturated heterocycles. The van der Waals surface area contributed by atoms with Gasteiger partial charge in [-0.3, -0.25) is 4.90 Å². The van der Waals surface area contributed by atoms with Gasteiger partial charge in [-0.25, -0.2) is 0 Å². The second kappa shape index (κ2) is 6.15. The predicted molar refractivity (Wildman–Crippen MR) is 74.9 cm³/mol. The molecule has 1 aliphatic heterocycles. The summed E-state index contributed by atoms with van der Waals surface area (Å²) >= 11 is 1.72. The lowest BCUT2D eigenvalue weighted by Gasteiger charge is -2.30. The van der Waals surface area contributed by atoms with Gasteiger partial charge in [0.25, 0.3) is 0 Å². The molecule has 0 spiro atoms. The number of aliphatic hydroxyl groups is 1. The fraction of sp³-hybridized carbons (Fsp3) is 0.714. The van der Waals surface area contributed by atoms with E-state index in [1.807, 2.05) is 13.8 Å². The van der Waals surface area contributed by atoms with Crippen molar-refractivity contribution in [3.8, 4) is 0 Å². The van der Waals surface area contributed by atoms with Gasteiger partial charge in [0.15, 0.2) is 0 Å². The third-order valence-electron chi connectivity index (χ3n) is 3.08. The van der Waals surface area contributed by atoms with Crippen LogP contribution in [0.5, 0.6) is 0 Å². The molecule has 1 aromatic rings. The van der Waals surface area contributed by atoms with Crippen LogP contribution in [0.15, 0.2) is 16.8 Å². The maximum absolute atomic E-state index is 10.0. The lowest BCUT2D eigenvalue weighted by molar-refractivity contribution is 0.00885. The van der Waals surface area contributed by atoms with Crippen LogP contribution in [0, 0.1) is 0 Å². The number of hydrogen-bond donors (Lipinski definition) is 1. The molecule has 0 unspecified atom stereocenters. The van der Waals surface area contributed by atoms with Crippen molar-refractivity contribution in [1.29, 1.82) is 0 Å². The third kappa shape index (κ3) is 4.69. The molecule has 0 saturated carbocycles. The molecule has 0 aliphatic carbocycles. The predicted octanol–water partition coefficient (Wildman–Crippen LogP) is 2.50. The molecular formula is C14H23NO2S. The molecule has 1 fully saturated rings. The maximum atomic E-state index is 10.0. The quantitative estimate of drug-likeness (QED) is 0.861. The summed E-state index contributed by atoms with van der Waals surface area (Å²) in [6.45, 7) is 7.11. The topological polar surface area (TPSA) is 32.7 Å². The highest BCUT2D eigenvalue weighted by atomic mass is 32.1. The van der Waals surface area contributed by atoms with Crippen molar-refractivity contribution in [3.63, 3.8) is 0 Å². The minimum Gasteiger partial charge on any atom is -0.389 e. The van der Waals surface area contributed by atoms with Crippen molar-refractivity contribution in [2.75, 3.05) is 19.7 Å². The highest BCUT2D eigenvalue weighted by Gasteiger charge is 2.23. The average Bonchev–Trinajstić information content (AvgIpc) is 2.87. The Morgan fingerprint density at radius 1 is 1.56 bits per heavy atom. The van der Waals surface area contributed by atoms with E-state index in [1.54, 1.807) is 11.3 Å². The lowest BCUT2D eigenvalue weighted by atomic mass is 10.1. The Morgan fingerprint density at radius 2 is 2.39 bits per heavy atom. The molecule has 1 atom stereocenters. The standard InChI is InChI=1S/C14H23NO2S/c1-14(2,16)11-15(8-12-5-7-18-10-12)9-13-4-3-6-17-13/h5,7,10,13,16H,3-4,6,8-9,11H2,1-2H3/t13-/m1/s1. The molecule has 0 radical (unpaired) electrons. The molecule has 1 aromatic heterocycles. The van der Waals surface area contributed by atoms with Crippen LogP contribution in [0.4, 0.5) is 0 Å². The Hall–Kier alpha value is -0.420. The first-order valence-corrected chi connectivity index (χ1v) is 7.55. The first-order chi connectivity index (χ1) is 8.53. The molecule has 102 valence electrons. The number of rotatable bonds is 6. The van der Waals surface area contributed by atoms with E-state index in [4.69, 9.17) is 4.74 Å². The van der Waals surface area contributed by atoms with Gasteiger partial charge in [0.1, 0.15) is 0 Å². The largest absolute Gasteiger partial charge is 0.389 e. The van der Waals surface area contributed by atoms with Crippen LogP contribution in [-0.4, -0.2) is 41.4 Å². The van der Waals surface area contributed by atoms with Gasteiger partial charge in [0.2, 0.25) is 0 Å². The molecule has 0 bridgehead atoms. The van der Waals surface area contributed by atoms with Crippen molar-refractivity contribution < 1.29 is 9.84 Å². The van der Waals surface area contributed by atoms with E-state index in [1.165, 1.54) is 12.0 Å². The smallest absolute Gasteiger partial charge is 0.0718 e. The average molecular weight is 269 g/mol. The third-order valence-corrected chi connectivity index (χ3v) is 3.81. The fourth-order valence-corrected chi connectivity index (χ4v) is 3.11. The zero-order valence-corrected chi connectivity index (χ0v) is 12.1. The molecular weight excluding hydrogens is 246 g/mol. The van der Waals surface area contributed by atoms with E-state index < -0.39 is 5.60 Å². The summed E-state index contributed by atoms with van der Waals surface area (Å²) in [5.41, 5.74) is 0.663. The van der Waals surface area contributed by atoms with Gasteiger partial charge in [-0.05, 0) is 49.1 Å². The van der Waals surface area contributed by atoms with Crippen molar-refractivity contribution in [2.45, 2.75) is 44.9 Å². The molecule has 4 heteroatoms. The summed E-state index contributed by atoms with van der Waals surface area (Å²) in [4.78, 5) is 2.30. The Kier molecular flexibility index (Phi) is 4.78. The zero-order valence-electron chi connectivity index (χ0n) is 11.3. The number of ether oxygens (including phenoxy) is 1. The maximum Gasteiger partial charge on any atom is 0.0718 e. The van der Waals surface area contributed by atoms with Crippen LogP contribution >= 0.6 is 11.3 Å². The van der Waals surface area contributed by atoms with E-state index in [2.05, 4.69) is 21.7 Å². The van der Waals surface area contributed by atoms with Crippen LogP contribution in [0.25, 0.3) is 0 Å². The summed E-state index contributed by atoms with van der Waals surface area (Å²) in [5, 5.41) is 14.3. The van der Waals surface area contributed by atoms with Gasteiger partial charge in [0, 0.05) is 26.2 Å². The molecule has 0 aromatic carbocycles. The number of thiophene rings is 1. The molecule has 0 amide bonds. The van der Waals surface area contributed by atoms with Crippen molar-refractivity contribution in [3.05, 3.63) is 22.4 Å².